The van der Waals surface area contributed by atoms with Crippen molar-refractivity contribution in [1.82, 2.24) is 14.5 Å². The molecular formula is C25H28ClN3O2. The minimum absolute atomic E-state index is 0.189. The maximum atomic E-state index is 12.5. The van der Waals surface area contributed by atoms with Crippen molar-refractivity contribution in [3.63, 3.8) is 0 Å². The van der Waals surface area contributed by atoms with Gasteiger partial charge in [0.25, 0.3) is 0 Å². The van der Waals surface area contributed by atoms with E-state index >= 15 is 0 Å². The van der Waals surface area contributed by atoms with Crippen molar-refractivity contribution >= 4 is 28.5 Å². The fourth-order valence-electron chi connectivity index (χ4n) is 4.55. The maximum absolute atomic E-state index is 12.5. The van der Waals surface area contributed by atoms with Gasteiger partial charge in [0, 0.05) is 36.5 Å². The average Bonchev–Trinajstić information content (AvgIpc) is 3.44. The molecule has 0 N–H and O–H groups in total. The van der Waals surface area contributed by atoms with Crippen LogP contribution in [0.15, 0.2) is 42.5 Å². The standard InChI is InChI=1S/C25H28ClN3O2/c1-17-14-20(10-11-21(17)26)31-13-5-4-12-28-23-7-3-2-6-22(23)27-25(28)18-15-24(30)29(16-18)19-8-9-19/h2-3,6-7,10-11,14,18-19H,4-5,8-9,12-13,15-16H2,1H3. The van der Waals surface area contributed by atoms with Gasteiger partial charge in [-0.05, 0) is 68.5 Å². The Balaban J connectivity index is 1.25. The van der Waals surface area contributed by atoms with Crippen molar-refractivity contribution in [1.29, 1.82) is 0 Å². The minimum Gasteiger partial charge on any atom is -0.494 e. The molecule has 3 aromatic rings. The van der Waals surface area contributed by atoms with E-state index in [0.717, 1.165) is 72.0 Å². The van der Waals surface area contributed by atoms with Crippen LogP contribution in [0.5, 0.6) is 5.75 Å². The molecule has 0 bridgehead atoms. The zero-order chi connectivity index (χ0) is 21.4. The van der Waals surface area contributed by atoms with Gasteiger partial charge in [-0.3, -0.25) is 4.79 Å². The van der Waals surface area contributed by atoms with Crippen molar-refractivity contribution in [2.75, 3.05) is 13.2 Å². The zero-order valence-electron chi connectivity index (χ0n) is 17.9. The van der Waals surface area contributed by atoms with Gasteiger partial charge in [-0.25, -0.2) is 4.98 Å². The van der Waals surface area contributed by atoms with Gasteiger partial charge in [0.15, 0.2) is 0 Å². The summed E-state index contributed by atoms with van der Waals surface area (Å²) in [4.78, 5) is 19.5. The third kappa shape index (κ3) is 4.29. The average molecular weight is 438 g/mol. The quantitative estimate of drug-likeness (QED) is 0.447. The summed E-state index contributed by atoms with van der Waals surface area (Å²) in [6.45, 7) is 4.35. The number of likely N-dealkylation sites (tertiary alicyclic amines) is 1. The molecular weight excluding hydrogens is 410 g/mol. The van der Waals surface area contributed by atoms with Crippen molar-refractivity contribution in [3.05, 3.63) is 58.9 Å². The number of hydrogen-bond acceptors (Lipinski definition) is 3. The number of benzene rings is 2. The lowest BCUT2D eigenvalue weighted by molar-refractivity contribution is -0.128. The Hall–Kier alpha value is -2.53. The lowest BCUT2D eigenvalue weighted by atomic mass is 10.1. The van der Waals surface area contributed by atoms with Crippen LogP contribution in [0.2, 0.25) is 5.02 Å². The van der Waals surface area contributed by atoms with E-state index in [4.69, 9.17) is 21.3 Å². The highest BCUT2D eigenvalue weighted by atomic mass is 35.5. The Bertz CT molecular complexity index is 1110. The zero-order valence-corrected chi connectivity index (χ0v) is 18.6. The van der Waals surface area contributed by atoms with Gasteiger partial charge in [0.05, 0.1) is 17.6 Å². The fraction of sp³-hybridized carbons (Fsp3) is 0.440. The van der Waals surface area contributed by atoms with Gasteiger partial charge in [0.1, 0.15) is 11.6 Å². The van der Waals surface area contributed by atoms with Crippen LogP contribution >= 0.6 is 11.6 Å². The van der Waals surface area contributed by atoms with Crippen molar-refractivity contribution < 1.29 is 9.53 Å². The van der Waals surface area contributed by atoms with E-state index in [1.807, 2.05) is 31.2 Å². The molecule has 6 heteroatoms. The number of nitrogens with zero attached hydrogens (tertiary/aromatic N) is 3. The van der Waals surface area contributed by atoms with E-state index < -0.39 is 0 Å². The molecule has 5 rings (SSSR count). The number of hydrogen-bond donors (Lipinski definition) is 0. The van der Waals surface area contributed by atoms with Gasteiger partial charge >= 0.3 is 0 Å². The predicted octanol–water partition coefficient (Wildman–Crippen LogP) is 5.34. The molecule has 1 saturated heterocycles. The van der Waals surface area contributed by atoms with E-state index in [9.17, 15) is 4.79 Å². The van der Waals surface area contributed by atoms with Gasteiger partial charge < -0.3 is 14.2 Å². The summed E-state index contributed by atoms with van der Waals surface area (Å²) in [5.74, 6) is 2.40. The molecule has 1 aliphatic carbocycles. The highest BCUT2D eigenvalue weighted by Gasteiger charge is 2.41. The molecule has 31 heavy (non-hydrogen) atoms. The number of para-hydroxylation sites is 2. The minimum atomic E-state index is 0.189. The maximum Gasteiger partial charge on any atom is 0.223 e. The van der Waals surface area contributed by atoms with E-state index in [0.29, 0.717) is 19.1 Å². The first-order valence-electron chi connectivity index (χ1n) is 11.2. The Morgan fingerprint density at radius 2 is 2.00 bits per heavy atom. The van der Waals surface area contributed by atoms with Crippen molar-refractivity contribution in [2.24, 2.45) is 0 Å². The van der Waals surface area contributed by atoms with E-state index in [-0.39, 0.29) is 11.8 Å². The van der Waals surface area contributed by atoms with Crippen molar-refractivity contribution in [3.8, 4) is 5.75 Å². The summed E-state index contributed by atoms with van der Waals surface area (Å²) in [5.41, 5.74) is 3.20. The molecule has 162 valence electrons. The summed E-state index contributed by atoms with van der Waals surface area (Å²) in [6.07, 6.45) is 4.83. The third-order valence-electron chi connectivity index (χ3n) is 6.37. The molecule has 1 aliphatic heterocycles. The molecule has 1 unspecified atom stereocenters. The van der Waals surface area contributed by atoms with E-state index in [1.165, 1.54) is 0 Å². The SMILES string of the molecule is Cc1cc(OCCCCn2c(C3CC(=O)N(C4CC4)C3)nc3ccccc32)ccc1Cl. The monoisotopic (exact) mass is 437 g/mol. The molecule has 1 aromatic heterocycles. The largest absolute Gasteiger partial charge is 0.494 e. The highest BCUT2D eigenvalue weighted by Crippen LogP contribution is 2.37. The summed E-state index contributed by atoms with van der Waals surface area (Å²) in [7, 11) is 0. The summed E-state index contributed by atoms with van der Waals surface area (Å²) in [5, 5.41) is 0.762. The molecule has 5 nitrogen and oxygen atoms in total. The number of imidazole rings is 1. The molecule has 1 amide bonds. The summed E-state index contributed by atoms with van der Waals surface area (Å²) >= 11 is 6.09. The van der Waals surface area contributed by atoms with Gasteiger partial charge in [-0.2, -0.15) is 0 Å². The van der Waals surface area contributed by atoms with Crippen LogP contribution in [0.3, 0.4) is 0 Å². The number of aryl methyl sites for hydroxylation is 2. The van der Waals surface area contributed by atoms with Crippen LogP contribution in [0.25, 0.3) is 11.0 Å². The van der Waals surface area contributed by atoms with Gasteiger partial charge in [0.2, 0.25) is 5.91 Å². The number of fused-ring (bicyclic) bond motifs is 1. The molecule has 2 fully saturated rings. The molecule has 0 spiro atoms. The summed E-state index contributed by atoms with van der Waals surface area (Å²) in [6, 6.07) is 14.5. The normalized spacial score (nSPS) is 18.8. The number of amides is 1. The molecule has 0 radical (unpaired) electrons. The van der Waals surface area contributed by atoms with Crippen LogP contribution in [0, 0.1) is 6.92 Å². The Labute approximate surface area is 188 Å². The predicted molar refractivity (Wildman–Crippen MR) is 123 cm³/mol. The van der Waals surface area contributed by atoms with E-state index in [1.54, 1.807) is 0 Å². The molecule has 1 atom stereocenters. The van der Waals surface area contributed by atoms with Gasteiger partial charge in [-0.15, -0.1) is 0 Å². The Morgan fingerprint density at radius 3 is 2.81 bits per heavy atom. The molecule has 1 saturated carbocycles. The second kappa shape index (κ2) is 8.54. The molecule has 2 aromatic carbocycles. The first-order valence-corrected chi connectivity index (χ1v) is 11.6. The third-order valence-corrected chi connectivity index (χ3v) is 6.79. The Kier molecular flexibility index (Phi) is 5.61. The van der Waals surface area contributed by atoms with Crippen molar-refractivity contribution in [2.45, 2.75) is 57.5 Å². The number of carbonyl (C=O) groups excluding carboxylic acids is 1. The highest BCUT2D eigenvalue weighted by molar-refractivity contribution is 6.31. The van der Waals surface area contributed by atoms with Crippen LogP contribution in [0.4, 0.5) is 0 Å². The van der Waals surface area contributed by atoms with Crippen LogP contribution in [0.1, 0.15) is 49.4 Å². The number of aromatic nitrogens is 2. The fourth-order valence-corrected chi connectivity index (χ4v) is 4.67. The molecule has 2 aliphatic rings. The summed E-state index contributed by atoms with van der Waals surface area (Å²) < 4.78 is 8.23. The lowest BCUT2D eigenvalue weighted by Crippen LogP contribution is -2.27. The van der Waals surface area contributed by atoms with E-state index in [2.05, 4.69) is 27.7 Å². The topological polar surface area (TPSA) is 47.4 Å². The number of rotatable bonds is 8. The Morgan fingerprint density at radius 1 is 1.16 bits per heavy atom. The molecule has 2 heterocycles. The first kappa shape index (κ1) is 20.4. The van der Waals surface area contributed by atoms with Gasteiger partial charge in [-0.1, -0.05) is 23.7 Å². The van der Waals surface area contributed by atoms with Crippen LogP contribution in [-0.2, 0) is 11.3 Å². The van der Waals surface area contributed by atoms with Crippen LogP contribution < -0.4 is 4.74 Å². The smallest absolute Gasteiger partial charge is 0.223 e. The lowest BCUT2D eigenvalue weighted by Gasteiger charge is -2.16. The number of carbonyl (C=O) groups is 1. The number of halogens is 1. The number of ether oxygens (including phenoxy) is 1. The second-order valence-electron chi connectivity index (χ2n) is 8.76. The number of unbranched alkanes of at least 4 members (excludes halogenated alkanes) is 1. The first-order chi connectivity index (χ1) is 15.1. The van der Waals surface area contributed by atoms with Crippen LogP contribution in [-0.4, -0.2) is 39.6 Å². The second-order valence-corrected chi connectivity index (χ2v) is 9.16.